The monoisotopic (exact) mass is 309 g/mol. The SMILES string of the molecule is CCCC(=O)NNC(=S)NC(=O)/C=C/c1ccc(F)cc1. The molecule has 1 rings (SSSR count). The zero-order chi connectivity index (χ0) is 15.7. The number of hydrogen-bond acceptors (Lipinski definition) is 3. The van der Waals surface area contributed by atoms with Crippen molar-refractivity contribution in [3.05, 3.63) is 41.7 Å². The molecule has 0 saturated carbocycles. The molecule has 1 aromatic carbocycles. The van der Waals surface area contributed by atoms with Crippen LogP contribution in [-0.2, 0) is 9.59 Å². The molecule has 0 bridgehead atoms. The maximum absolute atomic E-state index is 12.7. The zero-order valence-electron chi connectivity index (χ0n) is 11.5. The summed E-state index contributed by atoms with van der Waals surface area (Å²) in [4.78, 5) is 22.7. The summed E-state index contributed by atoms with van der Waals surface area (Å²) in [5, 5.41) is 2.36. The standard InChI is InChI=1S/C14H16FN3O2S/c1-2-3-13(20)17-18-14(21)16-12(19)9-6-10-4-7-11(15)8-5-10/h4-9H,2-3H2,1H3,(H,17,20)(H2,16,18,19,21)/b9-6+. The Morgan fingerprint density at radius 3 is 2.52 bits per heavy atom. The van der Waals surface area contributed by atoms with Crippen LogP contribution in [-0.4, -0.2) is 16.9 Å². The second-order valence-corrected chi connectivity index (χ2v) is 4.53. The summed E-state index contributed by atoms with van der Waals surface area (Å²) >= 11 is 4.84. The average molecular weight is 309 g/mol. The van der Waals surface area contributed by atoms with Crippen LogP contribution in [0.3, 0.4) is 0 Å². The number of amides is 2. The summed E-state index contributed by atoms with van der Waals surface area (Å²) in [6.07, 6.45) is 3.86. The minimum Gasteiger partial charge on any atom is -0.298 e. The van der Waals surface area contributed by atoms with Crippen LogP contribution in [0.15, 0.2) is 30.3 Å². The Labute approximate surface area is 127 Å². The number of halogens is 1. The smallest absolute Gasteiger partial charge is 0.250 e. The molecule has 7 heteroatoms. The van der Waals surface area contributed by atoms with Crippen molar-refractivity contribution >= 4 is 35.2 Å². The van der Waals surface area contributed by atoms with E-state index in [1.807, 2.05) is 6.92 Å². The first-order chi connectivity index (χ1) is 10.0. The number of rotatable bonds is 4. The molecule has 112 valence electrons. The highest BCUT2D eigenvalue weighted by molar-refractivity contribution is 7.80. The molecule has 5 nitrogen and oxygen atoms in total. The fourth-order valence-corrected chi connectivity index (χ4v) is 1.50. The third-order valence-electron chi connectivity index (χ3n) is 2.33. The third kappa shape index (κ3) is 7.17. The van der Waals surface area contributed by atoms with E-state index in [1.165, 1.54) is 24.3 Å². The van der Waals surface area contributed by atoms with Crippen molar-refractivity contribution in [2.45, 2.75) is 19.8 Å². The second kappa shape index (κ2) is 8.80. The van der Waals surface area contributed by atoms with Gasteiger partial charge in [-0.05, 0) is 42.4 Å². The van der Waals surface area contributed by atoms with Gasteiger partial charge in [-0.15, -0.1) is 0 Å². The van der Waals surface area contributed by atoms with Gasteiger partial charge in [0.2, 0.25) is 11.8 Å². The van der Waals surface area contributed by atoms with Crippen LogP contribution in [0.2, 0.25) is 0 Å². The van der Waals surface area contributed by atoms with E-state index in [0.717, 1.165) is 0 Å². The van der Waals surface area contributed by atoms with Gasteiger partial charge in [0, 0.05) is 12.5 Å². The number of carbonyl (C=O) groups excluding carboxylic acids is 2. The number of nitrogens with one attached hydrogen (secondary N) is 3. The predicted molar refractivity (Wildman–Crippen MR) is 82.4 cm³/mol. The van der Waals surface area contributed by atoms with Gasteiger partial charge < -0.3 is 0 Å². The third-order valence-corrected chi connectivity index (χ3v) is 2.53. The molecule has 0 unspecified atom stereocenters. The van der Waals surface area contributed by atoms with Crippen LogP contribution < -0.4 is 16.2 Å². The zero-order valence-corrected chi connectivity index (χ0v) is 12.3. The molecule has 0 saturated heterocycles. The number of hydrogen-bond donors (Lipinski definition) is 3. The number of benzene rings is 1. The van der Waals surface area contributed by atoms with Crippen molar-refractivity contribution in [2.24, 2.45) is 0 Å². The van der Waals surface area contributed by atoms with Crippen LogP contribution in [0.1, 0.15) is 25.3 Å². The fourth-order valence-electron chi connectivity index (χ4n) is 1.35. The van der Waals surface area contributed by atoms with Gasteiger partial charge in [0.25, 0.3) is 0 Å². The molecule has 0 aliphatic carbocycles. The summed E-state index contributed by atoms with van der Waals surface area (Å²) < 4.78 is 12.7. The summed E-state index contributed by atoms with van der Waals surface area (Å²) in [5.41, 5.74) is 5.46. The lowest BCUT2D eigenvalue weighted by Crippen LogP contribution is -2.48. The van der Waals surface area contributed by atoms with Crippen molar-refractivity contribution in [3.63, 3.8) is 0 Å². The van der Waals surface area contributed by atoms with Gasteiger partial charge in [-0.25, -0.2) is 4.39 Å². The highest BCUT2D eigenvalue weighted by atomic mass is 32.1. The van der Waals surface area contributed by atoms with Gasteiger partial charge in [-0.2, -0.15) is 0 Å². The lowest BCUT2D eigenvalue weighted by molar-refractivity contribution is -0.122. The highest BCUT2D eigenvalue weighted by Crippen LogP contribution is 2.04. The van der Waals surface area contributed by atoms with E-state index in [2.05, 4.69) is 16.2 Å². The first-order valence-electron chi connectivity index (χ1n) is 6.34. The van der Waals surface area contributed by atoms with Crippen LogP contribution in [0.25, 0.3) is 6.08 Å². The summed E-state index contributed by atoms with van der Waals surface area (Å²) in [6, 6.07) is 5.68. The number of thiocarbonyl (C=S) groups is 1. The number of carbonyl (C=O) groups is 2. The van der Waals surface area contributed by atoms with Crippen LogP contribution in [0.4, 0.5) is 4.39 Å². The maximum Gasteiger partial charge on any atom is 0.250 e. The first-order valence-corrected chi connectivity index (χ1v) is 6.75. The highest BCUT2D eigenvalue weighted by Gasteiger charge is 2.02. The topological polar surface area (TPSA) is 70.2 Å². The Bertz CT molecular complexity index is 544. The van der Waals surface area contributed by atoms with Gasteiger partial charge >= 0.3 is 0 Å². The van der Waals surface area contributed by atoms with Crippen LogP contribution >= 0.6 is 12.2 Å². The minimum atomic E-state index is -0.457. The Kier molecular flexibility index (Phi) is 7.03. The van der Waals surface area contributed by atoms with E-state index in [1.54, 1.807) is 12.1 Å². The normalized spacial score (nSPS) is 10.2. The molecule has 0 heterocycles. The molecule has 0 aliphatic rings. The maximum atomic E-state index is 12.7. The molecule has 1 aromatic rings. The largest absolute Gasteiger partial charge is 0.298 e. The van der Waals surface area contributed by atoms with Crippen molar-refractivity contribution in [2.75, 3.05) is 0 Å². The summed E-state index contributed by atoms with van der Waals surface area (Å²) in [5.74, 6) is -1.01. The van der Waals surface area contributed by atoms with Gasteiger partial charge in [0.05, 0.1) is 0 Å². The Morgan fingerprint density at radius 2 is 1.90 bits per heavy atom. The van der Waals surface area contributed by atoms with E-state index in [4.69, 9.17) is 12.2 Å². The summed E-state index contributed by atoms with van der Waals surface area (Å²) in [7, 11) is 0. The predicted octanol–water partition coefficient (Wildman–Crippen LogP) is 1.66. The molecule has 2 amide bonds. The lowest BCUT2D eigenvalue weighted by Gasteiger charge is -2.08. The van der Waals surface area contributed by atoms with Gasteiger partial charge in [-0.3, -0.25) is 25.8 Å². The van der Waals surface area contributed by atoms with Crippen molar-refractivity contribution in [1.82, 2.24) is 16.2 Å². The van der Waals surface area contributed by atoms with E-state index < -0.39 is 5.91 Å². The summed E-state index contributed by atoms with van der Waals surface area (Å²) in [6.45, 7) is 1.87. The lowest BCUT2D eigenvalue weighted by atomic mass is 10.2. The van der Waals surface area contributed by atoms with Crippen molar-refractivity contribution < 1.29 is 14.0 Å². The Balaban J connectivity index is 2.37. The first kappa shape index (κ1) is 16.8. The van der Waals surface area contributed by atoms with Crippen molar-refractivity contribution in [3.8, 4) is 0 Å². The molecular formula is C14H16FN3O2S. The molecule has 0 atom stereocenters. The van der Waals surface area contributed by atoms with Gasteiger partial charge in [0.15, 0.2) is 5.11 Å². The Hall–Kier alpha value is -2.28. The molecule has 0 spiro atoms. The molecular weight excluding hydrogens is 293 g/mol. The van der Waals surface area contributed by atoms with Gasteiger partial charge in [0.1, 0.15) is 5.82 Å². The van der Waals surface area contributed by atoms with E-state index >= 15 is 0 Å². The minimum absolute atomic E-state index is 0.00629. The molecule has 3 N–H and O–H groups in total. The van der Waals surface area contributed by atoms with Crippen LogP contribution in [0.5, 0.6) is 0 Å². The molecule has 0 radical (unpaired) electrons. The molecule has 0 aromatic heterocycles. The van der Waals surface area contributed by atoms with E-state index in [0.29, 0.717) is 18.4 Å². The number of hydrazine groups is 1. The van der Waals surface area contributed by atoms with E-state index in [-0.39, 0.29) is 16.8 Å². The van der Waals surface area contributed by atoms with Gasteiger partial charge in [-0.1, -0.05) is 19.1 Å². The van der Waals surface area contributed by atoms with Crippen LogP contribution in [0, 0.1) is 5.82 Å². The molecule has 0 aliphatic heterocycles. The van der Waals surface area contributed by atoms with Crippen molar-refractivity contribution in [1.29, 1.82) is 0 Å². The molecule has 0 fully saturated rings. The fraction of sp³-hybridized carbons (Fsp3) is 0.214. The quantitative estimate of drug-likeness (QED) is 0.449. The Morgan fingerprint density at radius 1 is 1.24 bits per heavy atom. The average Bonchev–Trinajstić information content (AvgIpc) is 2.45. The second-order valence-electron chi connectivity index (χ2n) is 4.13. The molecule has 21 heavy (non-hydrogen) atoms. The van der Waals surface area contributed by atoms with E-state index in [9.17, 15) is 14.0 Å².